The van der Waals surface area contributed by atoms with Crippen molar-refractivity contribution in [1.29, 1.82) is 0 Å². The van der Waals surface area contributed by atoms with E-state index < -0.39 is 0 Å². The van der Waals surface area contributed by atoms with Gasteiger partial charge in [-0.3, -0.25) is 4.79 Å². The fraction of sp³-hybridized carbons (Fsp3) is 0.667. The molecule has 0 aromatic carbocycles. The second-order valence-corrected chi connectivity index (χ2v) is 3.68. The third-order valence-electron chi connectivity index (χ3n) is 2.47. The van der Waals surface area contributed by atoms with E-state index in [9.17, 15) is 4.79 Å². The second-order valence-electron chi connectivity index (χ2n) is 3.30. The molecule has 0 radical (unpaired) electrons. The Labute approximate surface area is 72.4 Å². The maximum atomic E-state index is 10.8. The van der Waals surface area contributed by atoms with E-state index in [1.807, 2.05) is 0 Å². The minimum absolute atomic E-state index is 0.0837. The van der Waals surface area contributed by atoms with Crippen LogP contribution in [0.2, 0.25) is 0 Å². The first-order valence-electron chi connectivity index (χ1n) is 3.96. The van der Waals surface area contributed by atoms with Crippen molar-refractivity contribution in [2.45, 2.75) is 33.1 Å². The SMILES string of the molecule is CC1=C(C)CC(C(=O)Cl)CC1. The second kappa shape index (κ2) is 3.40. The van der Waals surface area contributed by atoms with Crippen molar-refractivity contribution in [3.05, 3.63) is 11.1 Å². The summed E-state index contributed by atoms with van der Waals surface area (Å²) in [5.41, 5.74) is 2.77. The number of rotatable bonds is 1. The maximum Gasteiger partial charge on any atom is 0.225 e. The molecule has 0 aliphatic heterocycles. The Balaban J connectivity index is 2.64. The van der Waals surface area contributed by atoms with Crippen LogP contribution >= 0.6 is 11.6 Å². The molecular formula is C9H13ClO. The molecule has 0 saturated carbocycles. The van der Waals surface area contributed by atoms with Crippen LogP contribution < -0.4 is 0 Å². The van der Waals surface area contributed by atoms with Crippen LogP contribution in [0.4, 0.5) is 0 Å². The molecule has 0 aromatic heterocycles. The molecule has 0 fully saturated rings. The minimum Gasteiger partial charge on any atom is -0.281 e. The van der Waals surface area contributed by atoms with Gasteiger partial charge in [0.05, 0.1) is 0 Å². The van der Waals surface area contributed by atoms with Gasteiger partial charge in [0, 0.05) is 5.92 Å². The van der Waals surface area contributed by atoms with Gasteiger partial charge in [0.2, 0.25) is 5.24 Å². The van der Waals surface area contributed by atoms with E-state index in [0.717, 1.165) is 19.3 Å². The van der Waals surface area contributed by atoms with Crippen LogP contribution in [0, 0.1) is 5.92 Å². The van der Waals surface area contributed by atoms with Gasteiger partial charge in [-0.05, 0) is 44.7 Å². The van der Waals surface area contributed by atoms with Crippen LogP contribution in [0.15, 0.2) is 11.1 Å². The van der Waals surface area contributed by atoms with E-state index in [0.29, 0.717) is 0 Å². The van der Waals surface area contributed by atoms with Gasteiger partial charge in [-0.25, -0.2) is 0 Å². The first-order valence-corrected chi connectivity index (χ1v) is 4.33. The molecule has 0 amide bonds. The molecule has 1 atom stereocenters. The fourth-order valence-corrected chi connectivity index (χ4v) is 1.63. The number of allylic oxidation sites excluding steroid dienone is 2. The summed E-state index contributed by atoms with van der Waals surface area (Å²) in [5.74, 6) is 0.0837. The number of hydrogen-bond acceptors (Lipinski definition) is 1. The summed E-state index contributed by atoms with van der Waals surface area (Å²) in [6, 6.07) is 0. The average molecular weight is 173 g/mol. The number of halogens is 1. The number of hydrogen-bond donors (Lipinski definition) is 0. The van der Waals surface area contributed by atoms with Gasteiger partial charge < -0.3 is 0 Å². The molecule has 1 aliphatic carbocycles. The maximum absolute atomic E-state index is 10.8. The van der Waals surface area contributed by atoms with Gasteiger partial charge in [0.25, 0.3) is 0 Å². The van der Waals surface area contributed by atoms with Gasteiger partial charge in [0.1, 0.15) is 0 Å². The van der Waals surface area contributed by atoms with Gasteiger partial charge in [-0.15, -0.1) is 0 Å². The highest BCUT2D eigenvalue weighted by atomic mass is 35.5. The smallest absolute Gasteiger partial charge is 0.225 e. The molecule has 0 aromatic rings. The monoisotopic (exact) mass is 172 g/mol. The number of carbonyl (C=O) groups excluding carboxylic acids is 1. The van der Waals surface area contributed by atoms with E-state index in [-0.39, 0.29) is 11.2 Å². The Hall–Kier alpha value is -0.300. The third-order valence-corrected chi connectivity index (χ3v) is 2.78. The zero-order valence-electron chi connectivity index (χ0n) is 6.98. The van der Waals surface area contributed by atoms with Crippen LogP contribution in [0.5, 0.6) is 0 Å². The average Bonchev–Trinajstić information content (AvgIpc) is 1.94. The Morgan fingerprint density at radius 3 is 2.55 bits per heavy atom. The quantitative estimate of drug-likeness (QED) is 0.439. The van der Waals surface area contributed by atoms with Crippen LogP contribution in [0.1, 0.15) is 33.1 Å². The molecule has 2 heteroatoms. The van der Waals surface area contributed by atoms with E-state index in [1.54, 1.807) is 0 Å². The fourth-order valence-electron chi connectivity index (χ4n) is 1.44. The summed E-state index contributed by atoms with van der Waals surface area (Å²) in [6.07, 6.45) is 2.84. The molecular weight excluding hydrogens is 160 g/mol. The van der Waals surface area contributed by atoms with E-state index in [1.165, 1.54) is 11.1 Å². The van der Waals surface area contributed by atoms with Crippen molar-refractivity contribution in [2.75, 3.05) is 0 Å². The molecule has 0 spiro atoms. The Kier molecular flexibility index (Phi) is 2.72. The Bertz CT molecular complexity index is 206. The molecule has 0 bridgehead atoms. The number of carbonyl (C=O) groups is 1. The zero-order valence-corrected chi connectivity index (χ0v) is 7.74. The highest BCUT2D eigenvalue weighted by molar-refractivity contribution is 6.64. The summed E-state index contributed by atoms with van der Waals surface area (Å²) in [7, 11) is 0. The standard InChI is InChI=1S/C9H13ClO/c1-6-3-4-8(9(10)11)5-7(6)2/h8H,3-5H2,1-2H3. The normalized spacial score (nSPS) is 25.5. The summed E-state index contributed by atoms with van der Waals surface area (Å²) in [4.78, 5) is 10.8. The lowest BCUT2D eigenvalue weighted by Crippen LogP contribution is -2.13. The molecule has 62 valence electrons. The van der Waals surface area contributed by atoms with Crippen molar-refractivity contribution in [3.8, 4) is 0 Å². The lowest BCUT2D eigenvalue weighted by atomic mass is 9.86. The van der Waals surface area contributed by atoms with Gasteiger partial charge in [0.15, 0.2) is 0 Å². The molecule has 1 rings (SSSR count). The summed E-state index contributed by atoms with van der Waals surface area (Å²) >= 11 is 5.41. The van der Waals surface area contributed by atoms with Crippen LogP contribution in [-0.4, -0.2) is 5.24 Å². The van der Waals surface area contributed by atoms with E-state index in [2.05, 4.69) is 13.8 Å². The van der Waals surface area contributed by atoms with E-state index >= 15 is 0 Å². The van der Waals surface area contributed by atoms with Gasteiger partial charge >= 0.3 is 0 Å². The summed E-state index contributed by atoms with van der Waals surface area (Å²) < 4.78 is 0. The third kappa shape index (κ3) is 2.06. The first kappa shape index (κ1) is 8.79. The van der Waals surface area contributed by atoms with Crippen molar-refractivity contribution >= 4 is 16.8 Å². The van der Waals surface area contributed by atoms with Crippen molar-refractivity contribution in [2.24, 2.45) is 5.92 Å². The summed E-state index contributed by atoms with van der Waals surface area (Å²) in [6.45, 7) is 4.21. The van der Waals surface area contributed by atoms with Crippen molar-refractivity contribution in [3.63, 3.8) is 0 Å². The van der Waals surface area contributed by atoms with Gasteiger partial charge in [-0.2, -0.15) is 0 Å². The Morgan fingerprint density at radius 2 is 2.09 bits per heavy atom. The predicted octanol–water partition coefficient (Wildman–Crippen LogP) is 2.89. The minimum atomic E-state index is -0.170. The van der Waals surface area contributed by atoms with Crippen LogP contribution in [-0.2, 0) is 4.79 Å². The van der Waals surface area contributed by atoms with Gasteiger partial charge in [-0.1, -0.05) is 11.1 Å². The van der Waals surface area contributed by atoms with Crippen molar-refractivity contribution < 1.29 is 4.79 Å². The molecule has 1 nitrogen and oxygen atoms in total. The molecule has 0 heterocycles. The van der Waals surface area contributed by atoms with Crippen LogP contribution in [0.3, 0.4) is 0 Å². The molecule has 1 aliphatic rings. The van der Waals surface area contributed by atoms with Crippen molar-refractivity contribution in [1.82, 2.24) is 0 Å². The molecule has 11 heavy (non-hydrogen) atoms. The predicted molar refractivity (Wildman–Crippen MR) is 46.6 cm³/mol. The molecule has 0 saturated heterocycles. The molecule has 1 unspecified atom stereocenters. The Morgan fingerprint density at radius 1 is 1.45 bits per heavy atom. The van der Waals surface area contributed by atoms with Crippen LogP contribution in [0.25, 0.3) is 0 Å². The highest BCUT2D eigenvalue weighted by Gasteiger charge is 2.21. The topological polar surface area (TPSA) is 17.1 Å². The summed E-state index contributed by atoms with van der Waals surface area (Å²) in [5, 5.41) is -0.170. The molecule has 0 N–H and O–H groups in total. The van der Waals surface area contributed by atoms with E-state index in [4.69, 9.17) is 11.6 Å². The lowest BCUT2D eigenvalue weighted by molar-refractivity contribution is -0.115. The zero-order chi connectivity index (χ0) is 8.43. The first-order chi connectivity index (χ1) is 5.11. The largest absolute Gasteiger partial charge is 0.281 e. The highest BCUT2D eigenvalue weighted by Crippen LogP contribution is 2.29. The lowest BCUT2D eigenvalue weighted by Gasteiger charge is -2.20.